The predicted octanol–water partition coefficient (Wildman–Crippen LogP) is 4.82. The number of hydrogen-bond acceptors (Lipinski definition) is 6. The molecule has 0 saturated heterocycles. The van der Waals surface area contributed by atoms with E-state index in [2.05, 4.69) is 10.6 Å². The molecule has 0 unspecified atom stereocenters. The molecular formula is C22H15ClN4O6. The Morgan fingerprint density at radius 2 is 1.15 bits per heavy atom. The fourth-order valence-electron chi connectivity index (χ4n) is 2.82. The normalized spacial score (nSPS) is 10.1. The fourth-order valence-corrected chi connectivity index (χ4v) is 2.94. The average Bonchev–Trinajstić information content (AvgIpc) is 2.79. The van der Waals surface area contributed by atoms with Gasteiger partial charge >= 0.3 is 0 Å². The number of rotatable bonds is 7. The maximum Gasteiger partial charge on any atom is 0.292 e. The van der Waals surface area contributed by atoms with Gasteiger partial charge in [0.2, 0.25) is 0 Å². The van der Waals surface area contributed by atoms with Crippen molar-refractivity contribution in [1.82, 2.24) is 0 Å². The summed E-state index contributed by atoms with van der Waals surface area (Å²) >= 11 is 5.88. The minimum Gasteiger partial charge on any atom is -0.316 e. The minimum absolute atomic E-state index is 0.118. The Morgan fingerprint density at radius 3 is 1.58 bits per heavy atom. The molecule has 0 fully saturated rings. The summed E-state index contributed by atoms with van der Waals surface area (Å²) in [6.07, 6.45) is 1.24. The van der Waals surface area contributed by atoms with Gasteiger partial charge < -0.3 is 10.6 Å². The van der Waals surface area contributed by atoms with Gasteiger partial charge in [-0.15, -0.1) is 0 Å². The van der Waals surface area contributed by atoms with Gasteiger partial charge in [-0.3, -0.25) is 29.8 Å². The number of anilines is 2. The first-order chi connectivity index (χ1) is 15.8. The zero-order chi connectivity index (χ0) is 24.0. The summed E-state index contributed by atoms with van der Waals surface area (Å²) in [4.78, 5) is 47.1. The van der Waals surface area contributed by atoms with Crippen LogP contribution in [0.1, 0.15) is 5.56 Å². The van der Waals surface area contributed by atoms with Crippen molar-refractivity contribution in [3.63, 3.8) is 0 Å². The standard InChI is InChI=1S/C22H15ClN4O6/c23-15-11-9-14(10-12-15)13-16(21(28)24-17-5-1-3-7-19(17)26(30)31)22(29)25-18-6-2-4-8-20(18)27(32)33/h1-13H,(H,24,28)(H,25,29). The van der Waals surface area contributed by atoms with Crippen LogP contribution >= 0.6 is 11.6 Å². The topological polar surface area (TPSA) is 144 Å². The first kappa shape index (κ1) is 23.1. The highest BCUT2D eigenvalue weighted by molar-refractivity contribution is 6.31. The summed E-state index contributed by atoms with van der Waals surface area (Å²) in [7, 11) is 0. The van der Waals surface area contributed by atoms with Gasteiger partial charge in [-0.05, 0) is 35.9 Å². The molecule has 0 atom stereocenters. The van der Waals surface area contributed by atoms with Crippen molar-refractivity contribution < 1.29 is 19.4 Å². The lowest BCUT2D eigenvalue weighted by atomic mass is 10.1. The molecular weight excluding hydrogens is 452 g/mol. The summed E-state index contributed by atoms with van der Waals surface area (Å²) in [6.45, 7) is 0. The van der Waals surface area contributed by atoms with Crippen LogP contribution in [-0.4, -0.2) is 21.7 Å². The van der Waals surface area contributed by atoms with Gasteiger partial charge in [0.15, 0.2) is 0 Å². The van der Waals surface area contributed by atoms with Crippen molar-refractivity contribution in [2.24, 2.45) is 0 Å². The monoisotopic (exact) mass is 466 g/mol. The zero-order valence-electron chi connectivity index (χ0n) is 16.7. The number of para-hydroxylation sites is 4. The van der Waals surface area contributed by atoms with Gasteiger partial charge in [0.05, 0.1) is 9.85 Å². The van der Waals surface area contributed by atoms with Crippen LogP contribution in [0.25, 0.3) is 6.08 Å². The van der Waals surface area contributed by atoms with Crippen LogP contribution in [0.15, 0.2) is 78.4 Å². The van der Waals surface area contributed by atoms with Gasteiger partial charge in [-0.2, -0.15) is 0 Å². The van der Waals surface area contributed by atoms with Crippen LogP contribution in [0.4, 0.5) is 22.7 Å². The van der Waals surface area contributed by atoms with Gasteiger partial charge in [0.25, 0.3) is 23.2 Å². The minimum atomic E-state index is -0.949. The molecule has 0 bridgehead atoms. The van der Waals surface area contributed by atoms with Gasteiger partial charge in [0.1, 0.15) is 16.9 Å². The van der Waals surface area contributed by atoms with Crippen LogP contribution in [0.5, 0.6) is 0 Å². The van der Waals surface area contributed by atoms with Gasteiger partial charge in [0, 0.05) is 17.2 Å². The molecule has 3 aromatic rings. The second-order valence-electron chi connectivity index (χ2n) is 6.57. The second-order valence-corrected chi connectivity index (χ2v) is 7.00. The van der Waals surface area contributed by atoms with Crippen LogP contribution in [0.3, 0.4) is 0 Å². The molecule has 0 aliphatic carbocycles. The lowest BCUT2D eigenvalue weighted by Crippen LogP contribution is -2.26. The Bertz CT molecular complexity index is 1200. The predicted molar refractivity (Wildman–Crippen MR) is 123 cm³/mol. The van der Waals surface area contributed by atoms with E-state index in [-0.39, 0.29) is 22.7 Å². The molecule has 0 saturated carbocycles. The van der Waals surface area contributed by atoms with Crippen LogP contribution < -0.4 is 10.6 Å². The molecule has 0 spiro atoms. The highest BCUT2D eigenvalue weighted by Crippen LogP contribution is 2.26. The summed E-state index contributed by atoms with van der Waals surface area (Å²) in [5.74, 6) is -1.90. The fraction of sp³-hybridized carbons (Fsp3) is 0. The summed E-state index contributed by atoms with van der Waals surface area (Å²) in [5, 5.41) is 27.7. The Labute approximate surface area is 191 Å². The Morgan fingerprint density at radius 1 is 0.727 bits per heavy atom. The summed E-state index contributed by atoms with van der Waals surface area (Å²) < 4.78 is 0. The molecule has 2 N–H and O–H groups in total. The number of hydrogen-bond donors (Lipinski definition) is 2. The number of nitrogens with one attached hydrogen (secondary N) is 2. The molecule has 33 heavy (non-hydrogen) atoms. The smallest absolute Gasteiger partial charge is 0.292 e. The molecule has 0 aliphatic rings. The van der Waals surface area contributed by atoms with E-state index in [4.69, 9.17) is 11.6 Å². The van der Waals surface area contributed by atoms with E-state index in [1.165, 1.54) is 54.6 Å². The lowest BCUT2D eigenvalue weighted by molar-refractivity contribution is -0.384. The Balaban J connectivity index is 1.99. The molecule has 3 rings (SSSR count). The Kier molecular flexibility index (Phi) is 7.11. The van der Waals surface area contributed by atoms with E-state index >= 15 is 0 Å². The van der Waals surface area contributed by atoms with E-state index in [9.17, 15) is 29.8 Å². The molecule has 0 heterocycles. The first-order valence-corrected chi connectivity index (χ1v) is 9.71. The summed E-state index contributed by atoms with van der Waals surface area (Å²) in [6, 6.07) is 17.1. The van der Waals surface area contributed by atoms with Crippen LogP contribution in [0.2, 0.25) is 5.02 Å². The third-order valence-corrected chi connectivity index (χ3v) is 4.62. The number of carbonyl (C=O) groups excluding carboxylic acids is 2. The SMILES string of the molecule is O=C(Nc1ccccc1[N+](=O)[O-])C(=Cc1ccc(Cl)cc1)C(=O)Nc1ccccc1[N+](=O)[O-]. The maximum atomic E-state index is 13.0. The first-order valence-electron chi connectivity index (χ1n) is 9.33. The molecule has 166 valence electrons. The molecule has 0 aliphatic heterocycles. The van der Waals surface area contributed by atoms with Crippen LogP contribution in [-0.2, 0) is 9.59 Å². The van der Waals surface area contributed by atoms with E-state index in [0.29, 0.717) is 10.6 Å². The largest absolute Gasteiger partial charge is 0.316 e. The van der Waals surface area contributed by atoms with Gasteiger partial charge in [-0.1, -0.05) is 48.0 Å². The molecule has 3 aromatic carbocycles. The Hall–Kier alpha value is -4.57. The molecule has 0 aromatic heterocycles. The van der Waals surface area contributed by atoms with E-state index in [1.807, 2.05) is 0 Å². The molecule has 11 heteroatoms. The highest BCUT2D eigenvalue weighted by Gasteiger charge is 2.24. The average molecular weight is 467 g/mol. The third-order valence-electron chi connectivity index (χ3n) is 4.37. The molecule has 10 nitrogen and oxygen atoms in total. The van der Waals surface area contributed by atoms with Crippen LogP contribution in [0, 0.1) is 20.2 Å². The number of benzene rings is 3. The number of halogens is 1. The van der Waals surface area contributed by atoms with Crippen molar-refractivity contribution in [1.29, 1.82) is 0 Å². The number of nitrogens with zero attached hydrogens (tertiary/aromatic N) is 2. The van der Waals surface area contributed by atoms with Crippen molar-refractivity contribution in [2.75, 3.05) is 10.6 Å². The van der Waals surface area contributed by atoms with E-state index in [0.717, 1.165) is 0 Å². The molecule has 2 amide bonds. The number of nitro benzene ring substituents is 2. The third kappa shape index (κ3) is 5.77. The zero-order valence-corrected chi connectivity index (χ0v) is 17.5. The van der Waals surface area contributed by atoms with Gasteiger partial charge in [-0.25, -0.2) is 0 Å². The van der Waals surface area contributed by atoms with E-state index in [1.54, 1.807) is 24.3 Å². The lowest BCUT2D eigenvalue weighted by Gasteiger charge is -2.11. The van der Waals surface area contributed by atoms with Crippen molar-refractivity contribution in [3.8, 4) is 0 Å². The molecule has 0 radical (unpaired) electrons. The van der Waals surface area contributed by atoms with E-state index < -0.39 is 27.2 Å². The maximum absolute atomic E-state index is 13.0. The van der Waals surface area contributed by atoms with Crippen molar-refractivity contribution >= 4 is 52.2 Å². The van der Waals surface area contributed by atoms with Crippen molar-refractivity contribution in [3.05, 3.63) is 109 Å². The second kappa shape index (κ2) is 10.2. The van der Waals surface area contributed by atoms with Crippen molar-refractivity contribution in [2.45, 2.75) is 0 Å². The summed E-state index contributed by atoms with van der Waals surface area (Å²) in [5.41, 5.74) is -0.967. The number of carbonyl (C=O) groups is 2. The quantitative estimate of drug-likeness (QED) is 0.168. The highest BCUT2D eigenvalue weighted by atomic mass is 35.5. The number of amides is 2. The number of nitro groups is 2.